The van der Waals surface area contributed by atoms with Crippen molar-refractivity contribution in [2.45, 2.75) is 43.2 Å². The number of anilines is 1. The van der Waals surface area contributed by atoms with Crippen molar-refractivity contribution in [3.8, 4) is 10.4 Å². The average Bonchev–Trinajstić information content (AvgIpc) is 3.38. The van der Waals surface area contributed by atoms with Gasteiger partial charge in [-0.2, -0.15) is 4.31 Å². The molecule has 0 saturated carbocycles. The van der Waals surface area contributed by atoms with Crippen molar-refractivity contribution >= 4 is 56.3 Å². The lowest BCUT2D eigenvalue weighted by atomic mass is 10.0. The summed E-state index contributed by atoms with van der Waals surface area (Å²) in [6.45, 7) is 2.49. The summed E-state index contributed by atoms with van der Waals surface area (Å²) in [7, 11) is -2.17. The van der Waals surface area contributed by atoms with E-state index in [2.05, 4.69) is 10.6 Å². The third kappa shape index (κ3) is 7.52. The highest BCUT2D eigenvalue weighted by atomic mass is 35.5. The molecule has 13 heteroatoms. The predicted molar refractivity (Wildman–Crippen MR) is 161 cm³/mol. The van der Waals surface area contributed by atoms with E-state index < -0.39 is 34.3 Å². The number of amides is 2. The summed E-state index contributed by atoms with van der Waals surface area (Å²) in [4.78, 5) is 25.9. The van der Waals surface area contributed by atoms with E-state index in [1.807, 2.05) is 0 Å². The van der Waals surface area contributed by atoms with E-state index in [4.69, 9.17) is 27.5 Å². The SMILES string of the molecule is COC1CCN(S(=O)(=O)c2ccc(C(C)NC(=O)CC(=O)Nc3ccc(C(=N)N)cc3)cc2-c2ccc(Cl)s2)CC1. The molecule has 2 heterocycles. The fraction of sp³-hybridized carbons (Fsp3) is 0.321. The number of nitrogens with two attached hydrogens (primary N) is 1. The lowest BCUT2D eigenvalue weighted by Crippen LogP contribution is -2.40. The van der Waals surface area contributed by atoms with Crippen LogP contribution in [0.5, 0.6) is 0 Å². The van der Waals surface area contributed by atoms with Gasteiger partial charge in [0.1, 0.15) is 12.3 Å². The van der Waals surface area contributed by atoms with Gasteiger partial charge in [0.2, 0.25) is 21.8 Å². The van der Waals surface area contributed by atoms with Gasteiger partial charge < -0.3 is 21.1 Å². The summed E-state index contributed by atoms with van der Waals surface area (Å²) in [5.74, 6) is -1.08. The van der Waals surface area contributed by atoms with E-state index >= 15 is 0 Å². The fourth-order valence-electron chi connectivity index (χ4n) is 4.60. The van der Waals surface area contributed by atoms with Crippen molar-refractivity contribution in [3.05, 3.63) is 70.1 Å². The summed E-state index contributed by atoms with van der Waals surface area (Å²) < 4.78 is 34.8. The Balaban J connectivity index is 1.49. The van der Waals surface area contributed by atoms with Gasteiger partial charge in [-0.25, -0.2) is 8.42 Å². The molecular formula is C28H32ClN5O5S2. The second kappa shape index (κ2) is 13.1. The molecule has 5 N–H and O–H groups in total. The van der Waals surface area contributed by atoms with Crippen LogP contribution in [0, 0.1) is 5.41 Å². The first-order chi connectivity index (χ1) is 19.5. The van der Waals surface area contributed by atoms with E-state index in [-0.39, 0.29) is 16.8 Å². The molecule has 0 aliphatic carbocycles. The third-order valence-corrected chi connectivity index (χ3v) is 10.1. The van der Waals surface area contributed by atoms with E-state index in [0.717, 1.165) is 0 Å². The Morgan fingerprint density at radius 2 is 1.80 bits per heavy atom. The zero-order valence-electron chi connectivity index (χ0n) is 22.6. The number of amidine groups is 1. The zero-order valence-corrected chi connectivity index (χ0v) is 25.0. The molecular weight excluding hydrogens is 586 g/mol. The molecule has 1 atom stereocenters. The highest BCUT2D eigenvalue weighted by Crippen LogP contribution is 2.38. The second-order valence-corrected chi connectivity index (χ2v) is 13.3. The van der Waals surface area contributed by atoms with Gasteiger partial charge in [-0.05, 0) is 73.9 Å². The van der Waals surface area contributed by atoms with Gasteiger partial charge in [-0.15, -0.1) is 11.3 Å². The van der Waals surface area contributed by atoms with Crippen molar-refractivity contribution in [1.82, 2.24) is 9.62 Å². The molecule has 2 amide bonds. The number of piperidine rings is 1. The van der Waals surface area contributed by atoms with Crippen LogP contribution in [0.15, 0.2) is 59.5 Å². The summed E-state index contributed by atoms with van der Waals surface area (Å²) in [5, 5.41) is 12.9. The number of nitrogen functional groups attached to an aromatic ring is 1. The van der Waals surface area contributed by atoms with Crippen LogP contribution in [0.25, 0.3) is 10.4 Å². The first-order valence-electron chi connectivity index (χ1n) is 12.9. The highest BCUT2D eigenvalue weighted by molar-refractivity contribution is 7.89. The molecule has 1 saturated heterocycles. The van der Waals surface area contributed by atoms with Crippen molar-refractivity contribution < 1.29 is 22.7 Å². The maximum Gasteiger partial charge on any atom is 0.243 e. The van der Waals surface area contributed by atoms with Gasteiger partial charge >= 0.3 is 0 Å². The van der Waals surface area contributed by atoms with Crippen molar-refractivity contribution in [2.75, 3.05) is 25.5 Å². The number of hydrogen-bond donors (Lipinski definition) is 4. The Morgan fingerprint density at radius 1 is 1.12 bits per heavy atom. The molecule has 2 aromatic carbocycles. The number of carbonyl (C=O) groups excluding carboxylic acids is 2. The number of carbonyl (C=O) groups is 2. The van der Waals surface area contributed by atoms with Gasteiger partial charge in [0.25, 0.3) is 0 Å². The lowest BCUT2D eigenvalue weighted by Gasteiger charge is -2.31. The largest absolute Gasteiger partial charge is 0.384 e. The Labute approximate surface area is 248 Å². The summed E-state index contributed by atoms with van der Waals surface area (Å²) in [5.41, 5.74) is 7.62. The first-order valence-corrected chi connectivity index (χ1v) is 15.6. The van der Waals surface area contributed by atoms with Crippen LogP contribution in [-0.2, 0) is 24.3 Å². The smallest absolute Gasteiger partial charge is 0.243 e. The van der Waals surface area contributed by atoms with E-state index in [9.17, 15) is 18.0 Å². The molecule has 3 aromatic rings. The summed E-state index contributed by atoms with van der Waals surface area (Å²) in [6, 6.07) is 14.4. The van der Waals surface area contributed by atoms with Crippen LogP contribution in [0.1, 0.15) is 43.4 Å². The molecule has 0 spiro atoms. The number of benzene rings is 2. The van der Waals surface area contributed by atoms with Crippen LogP contribution in [0.3, 0.4) is 0 Å². The molecule has 0 bridgehead atoms. The standard InChI is InChI=1S/C28H32ClN5O5S2/c1-17(32-26(35)16-27(36)33-20-6-3-18(4-7-20)28(30)31)19-5-9-24(22(15-19)23-8-10-25(29)40-23)41(37,38)34-13-11-21(39-2)12-14-34/h3-10,15,17,21H,11-14,16H2,1-2H3,(H3,30,31)(H,32,35)(H,33,36). The van der Waals surface area contributed by atoms with Gasteiger partial charge in [0.15, 0.2) is 0 Å². The van der Waals surface area contributed by atoms with Crippen LogP contribution in [0.2, 0.25) is 4.34 Å². The zero-order chi connectivity index (χ0) is 29.7. The molecule has 218 valence electrons. The van der Waals surface area contributed by atoms with Gasteiger partial charge in [-0.3, -0.25) is 15.0 Å². The average molecular weight is 618 g/mol. The maximum absolute atomic E-state index is 13.7. The number of thiophene rings is 1. The number of nitrogens with one attached hydrogen (secondary N) is 3. The molecule has 0 radical (unpaired) electrons. The highest BCUT2D eigenvalue weighted by Gasteiger charge is 2.32. The maximum atomic E-state index is 13.7. The molecule has 10 nitrogen and oxygen atoms in total. The van der Waals surface area contributed by atoms with E-state index in [1.54, 1.807) is 68.6 Å². The number of rotatable bonds is 10. The predicted octanol–water partition coefficient (Wildman–Crippen LogP) is 4.36. The third-order valence-electron chi connectivity index (χ3n) is 6.87. The number of nitrogens with zero attached hydrogens (tertiary/aromatic N) is 1. The van der Waals surface area contributed by atoms with Crippen LogP contribution in [0.4, 0.5) is 5.69 Å². The van der Waals surface area contributed by atoms with E-state index in [1.165, 1.54) is 15.6 Å². The normalized spacial score (nSPS) is 15.3. The minimum absolute atomic E-state index is 0.0400. The molecule has 1 aromatic heterocycles. The number of sulfonamides is 1. The monoisotopic (exact) mass is 617 g/mol. The minimum Gasteiger partial charge on any atom is -0.384 e. The Morgan fingerprint density at radius 3 is 2.39 bits per heavy atom. The lowest BCUT2D eigenvalue weighted by molar-refractivity contribution is -0.127. The molecule has 1 aliphatic heterocycles. The molecule has 41 heavy (non-hydrogen) atoms. The van der Waals surface area contributed by atoms with Crippen molar-refractivity contribution in [2.24, 2.45) is 5.73 Å². The minimum atomic E-state index is -3.80. The topological polar surface area (TPSA) is 155 Å². The Bertz CT molecular complexity index is 1530. The van der Waals surface area contributed by atoms with Gasteiger partial charge in [0, 0.05) is 41.9 Å². The molecule has 4 rings (SSSR count). The number of methoxy groups -OCH3 is 1. The van der Waals surface area contributed by atoms with Crippen LogP contribution >= 0.6 is 22.9 Å². The molecule has 1 unspecified atom stereocenters. The summed E-state index contributed by atoms with van der Waals surface area (Å²) >= 11 is 7.46. The quantitative estimate of drug-likeness (QED) is 0.151. The Hall–Kier alpha value is -3.29. The van der Waals surface area contributed by atoms with Crippen molar-refractivity contribution in [3.63, 3.8) is 0 Å². The molecule has 1 fully saturated rings. The van der Waals surface area contributed by atoms with Crippen molar-refractivity contribution in [1.29, 1.82) is 5.41 Å². The van der Waals surface area contributed by atoms with E-state index in [0.29, 0.717) is 57.5 Å². The first kappa shape index (κ1) is 30.7. The van der Waals surface area contributed by atoms with Gasteiger partial charge in [-0.1, -0.05) is 17.7 Å². The number of ether oxygens (including phenoxy) is 1. The number of hydrogen-bond acceptors (Lipinski definition) is 7. The fourth-order valence-corrected chi connectivity index (χ4v) is 7.40. The number of halogens is 1. The molecule has 1 aliphatic rings. The van der Waals surface area contributed by atoms with Crippen LogP contribution in [-0.4, -0.2) is 56.7 Å². The van der Waals surface area contributed by atoms with Crippen LogP contribution < -0.4 is 16.4 Å². The Kier molecular flexibility index (Phi) is 9.82. The summed E-state index contributed by atoms with van der Waals surface area (Å²) in [6.07, 6.45) is 0.872. The van der Waals surface area contributed by atoms with Gasteiger partial charge in [0.05, 0.1) is 21.4 Å². The second-order valence-electron chi connectivity index (χ2n) is 9.70.